The van der Waals surface area contributed by atoms with Crippen LogP contribution in [0.1, 0.15) is 5.56 Å². The molecule has 2 aromatic carbocycles. The maximum Gasteiger partial charge on any atom is 0.227 e. The average Bonchev–Trinajstić information content (AvgIpc) is 3.15. The highest BCUT2D eigenvalue weighted by molar-refractivity contribution is 5.90. The van der Waals surface area contributed by atoms with Crippen molar-refractivity contribution in [1.29, 1.82) is 0 Å². The Balaban J connectivity index is 1.65. The van der Waals surface area contributed by atoms with Gasteiger partial charge < -0.3 is 5.32 Å². The van der Waals surface area contributed by atoms with E-state index >= 15 is 0 Å². The van der Waals surface area contributed by atoms with Crippen LogP contribution in [0.5, 0.6) is 0 Å². The number of rotatable bonds is 4. The number of benzene rings is 2. The fraction of sp³-hybridized carbons (Fsp3) is 0.0435. The quantitative estimate of drug-likeness (QED) is 0.481. The molecule has 0 spiro atoms. The van der Waals surface area contributed by atoms with E-state index < -0.39 is 0 Å². The van der Waals surface area contributed by atoms with Crippen molar-refractivity contribution in [3.63, 3.8) is 0 Å². The fourth-order valence-corrected chi connectivity index (χ4v) is 3.27. The standard InChI is InChI=1S/C23H18N6/c1-16-9-11-17(12-10-16)22-21(20-8-5-14-25-29(20)28-22)19-13-15-24-23(27-19)26-18-6-3-2-4-7-18/h2-15H,1H3,(H,24,26,27). The lowest BCUT2D eigenvalue weighted by molar-refractivity contribution is 0.803. The number of fused-ring (bicyclic) bond motifs is 1. The third-order valence-corrected chi connectivity index (χ3v) is 4.69. The smallest absolute Gasteiger partial charge is 0.227 e. The molecule has 0 bridgehead atoms. The number of anilines is 2. The monoisotopic (exact) mass is 378 g/mol. The van der Waals surface area contributed by atoms with E-state index in [9.17, 15) is 0 Å². The molecule has 0 aliphatic heterocycles. The van der Waals surface area contributed by atoms with Gasteiger partial charge in [-0.25, -0.2) is 9.97 Å². The summed E-state index contributed by atoms with van der Waals surface area (Å²) in [6.45, 7) is 2.07. The zero-order valence-corrected chi connectivity index (χ0v) is 15.8. The molecule has 29 heavy (non-hydrogen) atoms. The number of para-hydroxylation sites is 1. The third kappa shape index (κ3) is 3.32. The van der Waals surface area contributed by atoms with Gasteiger partial charge in [-0.2, -0.15) is 9.73 Å². The Hall–Kier alpha value is -4.06. The lowest BCUT2D eigenvalue weighted by atomic mass is 10.0. The maximum atomic E-state index is 4.76. The van der Waals surface area contributed by atoms with Gasteiger partial charge in [-0.1, -0.05) is 48.0 Å². The first-order valence-electron chi connectivity index (χ1n) is 9.34. The third-order valence-electron chi connectivity index (χ3n) is 4.69. The van der Waals surface area contributed by atoms with E-state index in [4.69, 9.17) is 10.1 Å². The van der Waals surface area contributed by atoms with E-state index in [2.05, 4.69) is 46.6 Å². The summed E-state index contributed by atoms with van der Waals surface area (Å²) < 4.78 is 1.65. The lowest BCUT2D eigenvalue weighted by Gasteiger charge is -2.07. The van der Waals surface area contributed by atoms with Crippen LogP contribution in [0.4, 0.5) is 11.6 Å². The predicted octanol–water partition coefficient (Wildman–Crippen LogP) is 4.91. The Morgan fingerprint density at radius 2 is 1.66 bits per heavy atom. The molecule has 0 fully saturated rings. The van der Waals surface area contributed by atoms with E-state index in [0.29, 0.717) is 5.95 Å². The van der Waals surface area contributed by atoms with Crippen molar-refractivity contribution in [2.24, 2.45) is 0 Å². The molecular weight excluding hydrogens is 360 g/mol. The zero-order valence-electron chi connectivity index (χ0n) is 15.8. The molecule has 6 heteroatoms. The first-order valence-corrected chi connectivity index (χ1v) is 9.34. The van der Waals surface area contributed by atoms with Gasteiger partial charge in [0, 0.05) is 23.6 Å². The summed E-state index contributed by atoms with van der Waals surface area (Å²) in [7, 11) is 0. The molecule has 3 aromatic heterocycles. The minimum atomic E-state index is 0.534. The molecule has 0 aliphatic rings. The topological polar surface area (TPSA) is 68.0 Å². The van der Waals surface area contributed by atoms with Gasteiger partial charge in [0.15, 0.2) is 0 Å². The number of hydrogen-bond donors (Lipinski definition) is 1. The molecule has 0 radical (unpaired) electrons. The molecule has 0 atom stereocenters. The molecule has 3 heterocycles. The maximum absolute atomic E-state index is 4.76. The van der Waals surface area contributed by atoms with Crippen molar-refractivity contribution in [3.8, 4) is 22.5 Å². The van der Waals surface area contributed by atoms with Crippen molar-refractivity contribution >= 4 is 17.2 Å². The average molecular weight is 378 g/mol. The summed E-state index contributed by atoms with van der Waals surface area (Å²) in [6.07, 6.45) is 3.48. The molecule has 0 amide bonds. The summed E-state index contributed by atoms with van der Waals surface area (Å²) in [5, 5.41) is 12.4. The molecule has 140 valence electrons. The lowest BCUT2D eigenvalue weighted by Crippen LogP contribution is -1.98. The Morgan fingerprint density at radius 3 is 2.48 bits per heavy atom. The summed E-state index contributed by atoms with van der Waals surface area (Å²) >= 11 is 0. The minimum Gasteiger partial charge on any atom is -0.324 e. The zero-order chi connectivity index (χ0) is 19.6. The van der Waals surface area contributed by atoms with Crippen molar-refractivity contribution in [3.05, 3.63) is 90.8 Å². The van der Waals surface area contributed by atoms with Crippen LogP contribution >= 0.6 is 0 Å². The number of aryl methyl sites for hydroxylation is 1. The van der Waals surface area contributed by atoms with Crippen LogP contribution in [-0.2, 0) is 0 Å². The Bertz CT molecular complexity index is 1280. The molecule has 6 nitrogen and oxygen atoms in total. The van der Waals surface area contributed by atoms with E-state index in [1.54, 1.807) is 17.0 Å². The van der Waals surface area contributed by atoms with Crippen LogP contribution in [0.3, 0.4) is 0 Å². The van der Waals surface area contributed by atoms with Gasteiger partial charge in [0.1, 0.15) is 5.69 Å². The van der Waals surface area contributed by atoms with Crippen molar-refractivity contribution in [2.45, 2.75) is 6.92 Å². The summed E-state index contributed by atoms with van der Waals surface area (Å²) in [6, 6.07) is 24.0. The normalized spacial score (nSPS) is 10.9. The highest BCUT2D eigenvalue weighted by Crippen LogP contribution is 2.34. The van der Waals surface area contributed by atoms with Gasteiger partial charge in [0.2, 0.25) is 5.95 Å². The second kappa shape index (κ2) is 7.16. The first kappa shape index (κ1) is 17.1. The molecule has 0 saturated heterocycles. The van der Waals surface area contributed by atoms with Gasteiger partial charge in [-0.3, -0.25) is 0 Å². The van der Waals surface area contributed by atoms with Gasteiger partial charge in [-0.15, -0.1) is 5.10 Å². The minimum absolute atomic E-state index is 0.534. The summed E-state index contributed by atoms with van der Waals surface area (Å²) in [5.74, 6) is 0.534. The molecular formula is C23H18N6. The number of aromatic nitrogens is 5. The molecule has 0 saturated carbocycles. The van der Waals surface area contributed by atoms with Crippen LogP contribution in [0.15, 0.2) is 85.2 Å². The van der Waals surface area contributed by atoms with Crippen LogP contribution in [-0.4, -0.2) is 24.8 Å². The highest BCUT2D eigenvalue weighted by Gasteiger charge is 2.18. The van der Waals surface area contributed by atoms with Crippen molar-refractivity contribution in [2.75, 3.05) is 5.32 Å². The van der Waals surface area contributed by atoms with Crippen LogP contribution < -0.4 is 5.32 Å². The van der Waals surface area contributed by atoms with Gasteiger partial charge in [-0.05, 0) is 37.3 Å². The van der Waals surface area contributed by atoms with E-state index in [1.165, 1.54) is 5.56 Å². The van der Waals surface area contributed by atoms with E-state index in [-0.39, 0.29) is 0 Å². The second-order valence-corrected chi connectivity index (χ2v) is 6.74. The SMILES string of the molecule is Cc1ccc(-c2nn3ncccc3c2-c2ccnc(Nc3ccccc3)n2)cc1. The Morgan fingerprint density at radius 1 is 0.828 bits per heavy atom. The van der Waals surface area contributed by atoms with E-state index in [0.717, 1.165) is 33.7 Å². The number of nitrogens with zero attached hydrogens (tertiary/aromatic N) is 5. The number of hydrogen-bond acceptors (Lipinski definition) is 5. The van der Waals surface area contributed by atoms with Crippen LogP contribution in [0.25, 0.3) is 28.0 Å². The Kier molecular flexibility index (Phi) is 4.22. The molecule has 0 aliphatic carbocycles. The van der Waals surface area contributed by atoms with Crippen LogP contribution in [0, 0.1) is 6.92 Å². The van der Waals surface area contributed by atoms with Gasteiger partial charge in [0.25, 0.3) is 0 Å². The van der Waals surface area contributed by atoms with Crippen LogP contribution in [0.2, 0.25) is 0 Å². The van der Waals surface area contributed by atoms with Crippen molar-refractivity contribution < 1.29 is 0 Å². The largest absolute Gasteiger partial charge is 0.324 e. The molecule has 0 unspecified atom stereocenters. The summed E-state index contributed by atoms with van der Waals surface area (Å²) in [5.41, 5.74) is 6.61. The number of nitrogens with one attached hydrogen (secondary N) is 1. The predicted molar refractivity (Wildman–Crippen MR) is 114 cm³/mol. The summed E-state index contributed by atoms with van der Waals surface area (Å²) in [4.78, 5) is 9.13. The van der Waals surface area contributed by atoms with Crippen molar-refractivity contribution in [1.82, 2.24) is 24.8 Å². The Labute approximate surface area is 167 Å². The fourth-order valence-electron chi connectivity index (χ4n) is 3.27. The van der Waals surface area contributed by atoms with E-state index in [1.807, 2.05) is 48.5 Å². The molecule has 1 N–H and O–H groups in total. The van der Waals surface area contributed by atoms with Gasteiger partial charge >= 0.3 is 0 Å². The van der Waals surface area contributed by atoms with Gasteiger partial charge in [0.05, 0.1) is 16.8 Å². The first-order chi connectivity index (χ1) is 14.3. The second-order valence-electron chi connectivity index (χ2n) is 6.74. The highest BCUT2D eigenvalue weighted by atomic mass is 15.4. The molecule has 5 aromatic rings. The molecule has 5 rings (SSSR count).